The first-order valence-corrected chi connectivity index (χ1v) is 3.71. The lowest BCUT2D eigenvalue weighted by molar-refractivity contribution is -0.111. The molecule has 1 aromatic heterocycles. The second kappa shape index (κ2) is 1.94. The average molecular weight is 150 g/mol. The van der Waals surface area contributed by atoms with Gasteiger partial charge in [-0.1, -0.05) is 6.92 Å². The number of hydrogen-bond acceptors (Lipinski definition) is 2. The third-order valence-corrected chi connectivity index (χ3v) is 2.44. The van der Waals surface area contributed by atoms with Gasteiger partial charge in [-0.3, -0.25) is 0 Å². The first-order chi connectivity index (χ1) is 5.26. The summed E-state index contributed by atoms with van der Waals surface area (Å²) in [6, 6.07) is 0. The highest BCUT2D eigenvalue weighted by Crippen LogP contribution is 2.56. The molecule has 2 atom stereocenters. The van der Waals surface area contributed by atoms with Crippen LogP contribution in [-0.2, 0) is 4.79 Å². The van der Waals surface area contributed by atoms with E-state index in [4.69, 9.17) is 0 Å². The molecule has 0 saturated heterocycles. The second-order valence-corrected chi connectivity index (χ2v) is 3.39. The first kappa shape index (κ1) is 6.58. The van der Waals surface area contributed by atoms with Gasteiger partial charge in [-0.15, -0.1) is 0 Å². The minimum atomic E-state index is -0.119. The zero-order chi connectivity index (χ0) is 7.90. The van der Waals surface area contributed by atoms with Crippen molar-refractivity contribution in [1.82, 2.24) is 9.97 Å². The molecule has 3 heteroatoms. The monoisotopic (exact) mass is 150 g/mol. The van der Waals surface area contributed by atoms with Crippen LogP contribution < -0.4 is 0 Å². The fraction of sp³-hybridized carbons (Fsp3) is 0.500. The normalized spacial score (nSPS) is 35.2. The topological polar surface area (TPSA) is 45.8 Å². The summed E-state index contributed by atoms with van der Waals surface area (Å²) in [7, 11) is 0. The van der Waals surface area contributed by atoms with Crippen LogP contribution in [0, 0.1) is 5.41 Å². The summed E-state index contributed by atoms with van der Waals surface area (Å²) >= 11 is 0. The maximum Gasteiger partial charge on any atom is 0.126 e. The van der Waals surface area contributed by atoms with Gasteiger partial charge in [-0.05, 0) is 6.42 Å². The largest absolute Gasteiger partial charge is 0.348 e. The van der Waals surface area contributed by atoms with Crippen LogP contribution in [0.3, 0.4) is 0 Å². The molecule has 2 rings (SSSR count). The summed E-state index contributed by atoms with van der Waals surface area (Å²) in [4.78, 5) is 17.5. The Morgan fingerprint density at radius 2 is 2.73 bits per heavy atom. The van der Waals surface area contributed by atoms with Gasteiger partial charge in [0.25, 0.3) is 0 Å². The molecule has 58 valence electrons. The van der Waals surface area contributed by atoms with E-state index in [1.54, 1.807) is 12.5 Å². The maximum atomic E-state index is 10.6. The van der Waals surface area contributed by atoms with Crippen LogP contribution in [0.15, 0.2) is 12.5 Å². The molecule has 0 radical (unpaired) electrons. The minimum absolute atomic E-state index is 0.119. The van der Waals surface area contributed by atoms with Crippen molar-refractivity contribution in [2.75, 3.05) is 0 Å². The molecule has 1 saturated carbocycles. The van der Waals surface area contributed by atoms with Crippen molar-refractivity contribution in [3.05, 3.63) is 18.2 Å². The summed E-state index contributed by atoms with van der Waals surface area (Å²) in [6.45, 7) is 1.98. The summed E-state index contributed by atoms with van der Waals surface area (Å²) in [5.74, 6) is 0.377. The van der Waals surface area contributed by atoms with Crippen LogP contribution in [0.2, 0.25) is 0 Å². The van der Waals surface area contributed by atoms with E-state index in [-0.39, 0.29) is 5.41 Å². The van der Waals surface area contributed by atoms with Crippen molar-refractivity contribution >= 4 is 6.29 Å². The molecule has 1 heterocycles. The average Bonchev–Trinajstić information content (AvgIpc) is 2.53. The third-order valence-electron chi connectivity index (χ3n) is 2.44. The van der Waals surface area contributed by atoms with E-state index < -0.39 is 0 Å². The second-order valence-electron chi connectivity index (χ2n) is 3.39. The molecule has 1 aromatic rings. The highest BCUT2D eigenvalue weighted by atomic mass is 16.1. The smallest absolute Gasteiger partial charge is 0.126 e. The molecule has 1 unspecified atom stereocenters. The molecule has 1 N–H and O–H groups in total. The number of nitrogens with one attached hydrogen (secondary N) is 1. The summed E-state index contributed by atoms with van der Waals surface area (Å²) in [6.07, 6.45) is 5.44. The predicted octanol–water partition coefficient (Wildman–Crippen LogP) is 1.10. The Hall–Kier alpha value is -1.12. The molecule has 3 nitrogen and oxygen atoms in total. The molecule has 0 bridgehead atoms. The van der Waals surface area contributed by atoms with E-state index in [0.717, 1.165) is 18.4 Å². The van der Waals surface area contributed by atoms with Crippen LogP contribution in [0.25, 0.3) is 0 Å². The lowest BCUT2D eigenvalue weighted by atomic mass is 10.1. The zero-order valence-corrected chi connectivity index (χ0v) is 6.37. The van der Waals surface area contributed by atoms with E-state index in [2.05, 4.69) is 9.97 Å². The Morgan fingerprint density at radius 3 is 3.18 bits per heavy atom. The Bertz CT molecular complexity index is 268. The Balaban J connectivity index is 2.19. The molecular weight excluding hydrogens is 140 g/mol. The van der Waals surface area contributed by atoms with Crippen LogP contribution in [0.1, 0.15) is 25.0 Å². The molecule has 0 spiro atoms. The Labute approximate surface area is 64.8 Å². The Kier molecular flexibility index (Phi) is 1.16. The molecule has 0 aromatic carbocycles. The van der Waals surface area contributed by atoms with Gasteiger partial charge in [0, 0.05) is 23.2 Å². The van der Waals surface area contributed by atoms with Crippen LogP contribution in [-0.4, -0.2) is 16.3 Å². The number of aromatic amines is 1. The lowest BCUT2D eigenvalue weighted by Gasteiger charge is -1.96. The van der Waals surface area contributed by atoms with E-state index in [1.165, 1.54) is 0 Å². The molecule has 1 aliphatic carbocycles. The summed E-state index contributed by atoms with van der Waals surface area (Å²) in [5, 5.41) is 0. The molecular formula is C8H10N2O. The van der Waals surface area contributed by atoms with Gasteiger partial charge in [0.05, 0.1) is 6.33 Å². The molecule has 0 amide bonds. The molecule has 0 aliphatic heterocycles. The summed E-state index contributed by atoms with van der Waals surface area (Å²) in [5.41, 5.74) is 0.964. The van der Waals surface area contributed by atoms with E-state index >= 15 is 0 Å². The van der Waals surface area contributed by atoms with Crippen molar-refractivity contribution in [2.24, 2.45) is 5.41 Å². The number of imidazole rings is 1. The minimum Gasteiger partial charge on any atom is -0.348 e. The number of nitrogens with zero attached hydrogens (tertiary/aromatic N) is 1. The standard InChI is InChI=1S/C8H10N2O/c1-8(4-11)2-6(8)7-3-9-5-10-7/h3-6H,2H2,1H3,(H,9,10)/t6?,8-/m1/s1. The van der Waals surface area contributed by atoms with Gasteiger partial charge in [0.2, 0.25) is 0 Å². The van der Waals surface area contributed by atoms with E-state index in [0.29, 0.717) is 5.92 Å². The number of carbonyl (C=O) groups excluding carboxylic acids is 1. The number of rotatable bonds is 2. The van der Waals surface area contributed by atoms with Gasteiger partial charge in [-0.2, -0.15) is 0 Å². The molecule has 1 fully saturated rings. The predicted molar refractivity (Wildman–Crippen MR) is 40.1 cm³/mol. The van der Waals surface area contributed by atoms with Gasteiger partial charge in [0.1, 0.15) is 6.29 Å². The van der Waals surface area contributed by atoms with Crippen molar-refractivity contribution in [2.45, 2.75) is 19.3 Å². The van der Waals surface area contributed by atoms with E-state index in [1.807, 2.05) is 6.92 Å². The maximum absolute atomic E-state index is 10.6. The number of carbonyl (C=O) groups is 1. The number of aldehydes is 1. The number of aromatic nitrogens is 2. The fourth-order valence-electron chi connectivity index (χ4n) is 1.43. The van der Waals surface area contributed by atoms with Crippen molar-refractivity contribution in [3.63, 3.8) is 0 Å². The number of H-pyrrole nitrogens is 1. The van der Waals surface area contributed by atoms with Gasteiger partial charge >= 0.3 is 0 Å². The highest BCUT2D eigenvalue weighted by Gasteiger charge is 2.51. The SMILES string of the molecule is C[C@]1(C=O)CC1c1cnc[nH]1. The van der Waals surface area contributed by atoms with Crippen molar-refractivity contribution in [1.29, 1.82) is 0 Å². The van der Waals surface area contributed by atoms with Gasteiger partial charge < -0.3 is 9.78 Å². The van der Waals surface area contributed by atoms with Crippen LogP contribution in [0.4, 0.5) is 0 Å². The van der Waals surface area contributed by atoms with Crippen molar-refractivity contribution < 1.29 is 4.79 Å². The Morgan fingerprint density at radius 1 is 1.91 bits per heavy atom. The number of hydrogen-bond donors (Lipinski definition) is 1. The van der Waals surface area contributed by atoms with Crippen LogP contribution in [0.5, 0.6) is 0 Å². The highest BCUT2D eigenvalue weighted by molar-refractivity contribution is 5.66. The van der Waals surface area contributed by atoms with Gasteiger partial charge in [0.15, 0.2) is 0 Å². The molecule has 1 aliphatic rings. The first-order valence-electron chi connectivity index (χ1n) is 3.71. The zero-order valence-electron chi connectivity index (χ0n) is 6.37. The van der Waals surface area contributed by atoms with Crippen LogP contribution >= 0.6 is 0 Å². The molecule has 11 heavy (non-hydrogen) atoms. The fourth-order valence-corrected chi connectivity index (χ4v) is 1.43. The summed E-state index contributed by atoms with van der Waals surface area (Å²) < 4.78 is 0. The van der Waals surface area contributed by atoms with Crippen molar-refractivity contribution in [3.8, 4) is 0 Å². The van der Waals surface area contributed by atoms with Gasteiger partial charge in [-0.25, -0.2) is 4.98 Å². The lowest BCUT2D eigenvalue weighted by Crippen LogP contribution is -1.97. The van der Waals surface area contributed by atoms with E-state index in [9.17, 15) is 4.79 Å². The third kappa shape index (κ3) is 0.878. The quantitative estimate of drug-likeness (QED) is 0.642.